The van der Waals surface area contributed by atoms with Crippen LogP contribution in [0.15, 0.2) is 43.1 Å². The van der Waals surface area contributed by atoms with Crippen molar-refractivity contribution < 1.29 is 19.1 Å². The molecule has 0 atom stereocenters. The summed E-state index contributed by atoms with van der Waals surface area (Å²) in [5.74, 6) is 0.407. The molecule has 4 aromatic rings. The number of carbonyl (C=O) groups excluding carboxylic acids is 2. The summed E-state index contributed by atoms with van der Waals surface area (Å²) in [5, 5.41) is 7.72. The molecule has 0 saturated heterocycles. The van der Waals surface area contributed by atoms with Gasteiger partial charge in [0, 0.05) is 32.9 Å². The van der Waals surface area contributed by atoms with Crippen LogP contribution in [0, 0.1) is 0 Å². The van der Waals surface area contributed by atoms with Gasteiger partial charge in [0.2, 0.25) is 11.8 Å². The van der Waals surface area contributed by atoms with E-state index >= 15 is 0 Å². The average Bonchev–Trinajstić information content (AvgIpc) is 3.20. The van der Waals surface area contributed by atoms with Crippen LogP contribution in [-0.4, -0.2) is 67.6 Å². The van der Waals surface area contributed by atoms with Gasteiger partial charge in [-0.05, 0) is 12.1 Å². The molecule has 12 nitrogen and oxygen atoms in total. The molecule has 0 spiro atoms. The Morgan fingerprint density at radius 1 is 1.00 bits per heavy atom. The molecule has 0 unspecified atom stereocenters. The molecule has 0 aliphatic rings. The first-order valence-corrected chi connectivity index (χ1v) is 9.70. The molecule has 0 aliphatic carbocycles. The van der Waals surface area contributed by atoms with Gasteiger partial charge in [0.05, 0.1) is 42.8 Å². The largest absolute Gasteiger partial charge is 0.480 e. The summed E-state index contributed by atoms with van der Waals surface area (Å²) in [7, 11) is 6.49. The molecule has 1 aromatic carbocycles. The maximum Gasteiger partial charge on any atom is 0.273 e. The van der Waals surface area contributed by atoms with Gasteiger partial charge in [-0.3, -0.25) is 14.3 Å². The van der Waals surface area contributed by atoms with E-state index in [2.05, 4.69) is 30.4 Å². The second-order valence-corrected chi connectivity index (χ2v) is 7.15. The number of aromatic nitrogens is 6. The van der Waals surface area contributed by atoms with Gasteiger partial charge in [0.25, 0.3) is 11.8 Å². The number of carbonyl (C=O) groups is 2. The van der Waals surface area contributed by atoms with Crippen molar-refractivity contribution in [2.75, 3.05) is 26.5 Å². The number of anilines is 1. The van der Waals surface area contributed by atoms with Crippen LogP contribution in [-0.2, 0) is 7.05 Å². The number of hydrogen-bond acceptors (Lipinski definition) is 9. The highest BCUT2D eigenvalue weighted by Crippen LogP contribution is 2.30. The van der Waals surface area contributed by atoms with Crippen LogP contribution in [0.5, 0.6) is 17.5 Å². The molecule has 0 radical (unpaired) electrons. The first-order chi connectivity index (χ1) is 15.8. The molecular weight excluding hydrogens is 428 g/mol. The summed E-state index contributed by atoms with van der Waals surface area (Å²) in [4.78, 5) is 42.6. The van der Waals surface area contributed by atoms with E-state index in [0.717, 1.165) is 0 Å². The topological polar surface area (TPSA) is 137 Å². The molecule has 2 amide bonds. The minimum Gasteiger partial charge on any atom is -0.480 e. The number of aryl methyl sites for hydroxylation is 1. The Hall–Kier alpha value is -4.61. The van der Waals surface area contributed by atoms with Crippen molar-refractivity contribution >= 4 is 28.5 Å². The SMILES string of the molecule is COc1cnc(NC(=O)c2cc(Oc3cnc(C(=O)N(C)C)cn3)c3cn(C)nc3c2)cn1. The molecule has 0 bridgehead atoms. The zero-order valence-corrected chi connectivity index (χ0v) is 18.3. The predicted octanol–water partition coefficient (Wildman–Crippen LogP) is 1.91. The smallest absolute Gasteiger partial charge is 0.273 e. The summed E-state index contributed by atoms with van der Waals surface area (Å²) >= 11 is 0. The number of nitrogens with zero attached hydrogens (tertiary/aromatic N) is 7. The fourth-order valence-electron chi connectivity index (χ4n) is 2.92. The molecule has 3 heterocycles. The van der Waals surface area contributed by atoms with E-state index in [4.69, 9.17) is 9.47 Å². The number of hydrogen-bond donors (Lipinski definition) is 1. The van der Waals surface area contributed by atoms with Crippen LogP contribution >= 0.6 is 0 Å². The Kier molecular flexibility index (Phi) is 5.81. The van der Waals surface area contributed by atoms with E-state index in [1.807, 2.05) is 0 Å². The highest BCUT2D eigenvalue weighted by atomic mass is 16.5. The van der Waals surface area contributed by atoms with E-state index in [1.165, 1.54) is 36.8 Å². The third-order valence-corrected chi connectivity index (χ3v) is 4.51. The van der Waals surface area contributed by atoms with Crippen LogP contribution in [0.4, 0.5) is 5.82 Å². The summed E-state index contributed by atoms with van der Waals surface area (Å²) in [6, 6.07) is 3.20. The summed E-state index contributed by atoms with van der Waals surface area (Å²) in [6.45, 7) is 0. The minimum atomic E-state index is -0.426. The Bertz CT molecular complexity index is 1320. The number of fused-ring (bicyclic) bond motifs is 1. The Labute approximate surface area is 188 Å². The average molecular weight is 448 g/mol. The van der Waals surface area contributed by atoms with Crippen molar-refractivity contribution in [3.8, 4) is 17.5 Å². The number of nitrogens with one attached hydrogen (secondary N) is 1. The second kappa shape index (κ2) is 8.86. The minimum absolute atomic E-state index is 0.161. The van der Waals surface area contributed by atoms with Gasteiger partial charge in [-0.25, -0.2) is 19.9 Å². The van der Waals surface area contributed by atoms with Gasteiger partial charge < -0.3 is 19.7 Å². The fraction of sp³-hybridized carbons (Fsp3) is 0.190. The normalized spacial score (nSPS) is 10.7. The predicted molar refractivity (Wildman–Crippen MR) is 117 cm³/mol. The van der Waals surface area contributed by atoms with Gasteiger partial charge in [-0.1, -0.05) is 0 Å². The molecule has 12 heteroatoms. The fourth-order valence-corrected chi connectivity index (χ4v) is 2.92. The lowest BCUT2D eigenvalue weighted by Crippen LogP contribution is -2.22. The van der Waals surface area contributed by atoms with Gasteiger partial charge in [0.15, 0.2) is 5.82 Å². The maximum atomic E-state index is 12.8. The highest BCUT2D eigenvalue weighted by Gasteiger charge is 2.16. The third-order valence-electron chi connectivity index (χ3n) is 4.51. The zero-order valence-electron chi connectivity index (χ0n) is 18.3. The van der Waals surface area contributed by atoms with Crippen LogP contribution in [0.25, 0.3) is 10.9 Å². The summed E-state index contributed by atoms with van der Waals surface area (Å²) in [6.07, 6.45) is 7.23. The molecular formula is C21H20N8O4. The lowest BCUT2D eigenvalue weighted by Gasteiger charge is -2.11. The van der Waals surface area contributed by atoms with E-state index in [9.17, 15) is 9.59 Å². The third kappa shape index (κ3) is 4.69. The standard InChI is InChI=1S/C21H20N8O4/c1-28(2)21(31)15-7-24-19(10-22-15)33-16-6-12(5-14-13(16)11-29(3)27-14)20(30)26-17-8-25-18(32-4)9-23-17/h5-11H,1-4H3,(H,23,26,30). The maximum absolute atomic E-state index is 12.8. The Balaban J connectivity index is 1.62. The number of amides is 2. The second-order valence-electron chi connectivity index (χ2n) is 7.15. The Morgan fingerprint density at radius 3 is 2.39 bits per heavy atom. The highest BCUT2D eigenvalue weighted by molar-refractivity contribution is 6.06. The van der Waals surface area contributed by atoms with E-state index < -0.39 is 5.91 Å². The van der Waals surface area contributed by atoms with Crippen molar-refractivity contribution in [3.05, 3.63) is 54.4 Å². The van der Waals surface area contributed by atoms with Crippen LogP contribution < -0.4 is 14.8 Å². The van der Waals surface area contributed by atoms with Gasteiger partial charge in [0.1, 0.15) is 11.4 Å². The van der Waals surface area contributed by atoms with Crippen molar-refractivity contribution in [2.24, 2.45) is 7.05 Å². The van der Waals surface area contributed by atoms with Crippen molar-refractivity contribution in [3.63, 3.8) is 0 Å². The first kappa shape index (κ1) is 21.6. The van der Waals surface area contributed by atoms with Crippen LogP contribution in [0.2, 0.25) is 0 Å². The first-order valence-electron chi connectivity index (χ1n) is 9.70. The molecule has 1 N–H and O–H groups in total. The van der Waals surface area contributed by atoms with E-state index in [-0.39, 0.29) is 23.3 Å². The van der Waals surface area contributed by atoms with Crippen molar-refractivity contribution in [2.45, 2.75) is 0 Å². The zero-order chi connectivity index (χ0) is 23.5. The van der Waals surface area contributed by atoms with Crippen LogP contribution in [0.1, 0.15) is 20.8 Å². The molecule has 33 heavy (non-hydrogen) atoms. The monoisotopic (exact) mass is 448 g/mol. The van der Waals surface area contributed by atoms with Gasteiger partial charge >= 0.3 is 0 Å². The molecule has 0 fully saturated rings. The Morgan fingerprint density at radius 2 is 1.76 bits per heavy atom. The molecule has 4 rings (SSSR count). The van der Waals surface area contributed by atoms with Crippen molar-refractivity contribution in [1.82, 2.24) is 34.6 Å². The van der Waals surface area contributed by atoms with E-state index in [0.29, 0.717) is 28.1 Å². The lowest BCUT2D eigenvalue weighted by molar-refractivity contribution is 0.0821. The van der Waals surface area contributed by atoms with Gasteiger partial charge in [-0.2, -0.15) is 5.10 Å². The molecule has 0 aliphatic heterocycles. The molecule has 3 aromatic heterocycles. The van der Waals surface area contributed by atoms with Crippen molar-refractivity contribution in [1.29, 1.82) is 0 Å². The van der Waals surface area contributed by atoms with E-state index in [1.54, 1.807) is 44.2 Å². The molecule has 168 valence electrons. The quantitative estimate of drug-likeness (QED) is 0.469. The summed E-state index contributed by atoms with van der Waals surface area (Å²) < 4.78 is 12.5. The summed E-state index contributed by atoms with van der Waals surface area (Å²) in [5.41, 5.74) is 1.03. The molecule has 0 saturated carbocycles. The number of rotatable bonds is 6. The van der Waals surface area contributed by atoms with Crippen LogP contribution in [0.3, 0.4) is 0 Å². The number of ether oxygens (including phenoxy) is 2. The number of methoxy groups -OCH3 is 1. The number of benzene rings is 1. The van der Waals surface area contributed by atoms with Gasteiger partial charge in [-0.15, -0.1) is 0 Å². The lowest BCUT2D eigenvalue weighted by atomic mass is 10.1.